The van der Waals surface area contributed by atoms with Crippen LogP contribution in [0.1, 0.15) is 44.2 Å². The van der Waals surface area contributed by atoms with Gasteiger partial charge < -0.3 is 10.2 Å². The smallest absolute Gasteiger partial charge is 0.322 e. The van der Waals surface area contributed by atoms with Crippen molar-refractivity contribution < 1.29 is 9.59 Å². The molecule has 0 saturated carbocycles. The lowest BCUT2D eigenvalue weighted by molar-refractivity contribution is -0.125. The Balaban J connectivity index is 1.85. The molecule has 0 aliphatic carbocycles. The Morgan fingerprint density at radius 2 is 2.20 bits per heavy atom. The molecular formula is C19H25N3O2S. The largest absolute Gasteiger partial charge is 0.333 e. The molecule has 1 atom stereocenters. The Bertz CT molecular complexity index is 681. The van der Waals surface area contributed by atoms with E-state index in [2.05, 4.69) is 18.8 Å². The average Bonchev–Trinajstić information content (AvgIpc) is 3.23. The number of carbonyl (C=O) groups is 2. The van der Waals surface area contributed by atoms with Crippen molar-refractivity contribution in [2.75, 3.05) is 19.6 Å². The molecule has 1 aromatic rings. The highest BCUT2D eigenvalue weighted by atomic mass is 32.1. The third-order valence-electron chi connectivity index (χ3n) is 4.77. The van der Waals surface area contributed by atoms with Gasteiger partial charge in [-0.1, -0.05) is 32.3 Å². The van der Waals surface area contributed by atoms with Crippen LogP contribution in [-0.4, -0.2) is 41.4 Å². The molecule has 0 aromatic carbocycles. The minimum Gasteiger partial charge on any atom is -0.333 e. The Kier molecular flexibility index (Phi) is 5.58. The molecule has 6 heteroatoms. The van der Waals surface area contributed by atoms with Crippen molar-refractivity contribution >= 4 is 23.3 Å². The number of rotatable bonds is 8. The van der Waals surface area contributed by atoms with E-state index in [9.17, 15) is 9.59 Å². The Morgan fingerprint density at radius 3 is 2.88 bits per heavy atom. The highest BCUT2D eigenvalue weighted by Crippen LogP contribution is 2.36. The van der Waals surface area contributed by atoms with E-state index >= 15 is 0 Å². The Hall–Kier alpha value is -2.08. The molecule has 0 unspecified atom stereocenters. The fourth-order valence-electron chi connectivity index (χ4n) is 3.47. The second-order valence-electron chi connectivity index (χ2n) is 6.49. The molecule has 5 nitrogen and oxygen atoms in total. The lowest BCUT2D eigenvalue weighted by atomic mass is 9.98. The molecule has 0 spiro atoms. The van der Waals surface area contributed by atoms with Crippen LogP contribution in [0.15, 0.2) is 40.8 Å². The van der Waals surface area contributed by atoms with Crippen LogP contribution in [0, 0.1) is 0 Å². The van der Waals surface area contributed by atoms with Gasteiger partial charge in [-0.05, 0) is 28.8 Å². The predicted octanol–water partition coefficient (Wildman–Crippen LogP) is 3.68. The number of hydrogen-bond acceptors (Lipinski definition) is 3. The molecule has 2 aliphatic heterocycles. The van der Waals surface area contributed by atoms with Crippen molar-refractivity contribution in [2.24, 2.45) is 0 Å². The molecule has 0 radical (unpaired) electrons. The van der Waals surface area contributed by atoms with Crippen molar-refractivity contribution in [3.05, 3.63) is 46.3 Å². The number of unbranched alkanes of at least 4 members (excludes halogenated alkanes) is 3. The summed E-state index contributed by atoms with van der Waals surface area (Å²) in [4.78, 5) is 29.1. The van der Waals surface area contributed by atoms with Gasteiger partial charge in [0.1, 0.15) is 0 Å². The van der Waals surface area contributed by atoms with E-state index in [1.54, 1.807) is 22.3 Å². The van der Waals surface area contributed by atoms with Crippen LogP contribution in [0.4, 0.5) is 4.79 Å². The maximum atomic E-state index is 13.0. The maximum Gasteiger partial charge on any atom is 0.322 e. The molecule has 0 bridgehead atoms. The monoisotopic (exact) mass is 359 g/mol. The lowest BCUT2D eigenvalue weighted by Gasteiger charge is -2.32. The molecule has 3 amide bonds. The number of urea groups is 1. The summed E-state index contributed by atoms with van der Waals surface area (Å²) < 4.78 is 0. The Labute approximate surface area is 153 Å². The summed E-state index contributed by atoms with van der Waals surface area (Å²) in [6.45, 7) is 7.60. The second kappa shape index (κ2) is 7.87. The van der Waals surface area contributed by atoms with Crippen LogP contribution in [0.3, 0.4) is 0 Å². The van der Waals surface area contributed by atoms with Gasteiger partial charge >= 0.3 is 6.03 Å². The fraction of sp³-hybridized carbons (Fsp3) is 0.474. The maximum absolute atomic E-state index is 13.0. The van der Waals surface area contributed by atoms with E-state index in [1.807, 2.05) is 21.7 Å². The van der Waals surface area contributed by atoms with E-state index < -0.39 is 0 Å². The summed E-state index contributed by atoms with van der Waals surface area (Å²) in [5.41, 5.74) is 2.53. The first kappa shape index (κ1) is 17.7. The van der Waals surface area contributed by atoms with Gasteiger partial charge in [0.15, 0.2) is 0 Å². The quantitative estimate of drug-likeness (QED) is 0.569. The molecule has 25 heavy (non-hydrogen) atoms. The number of nitrogens with zero attached hydrogens (tertiary/aromatic N) is 2. The van der Waals surface area contributed by atoms with Crippen LogP contribution in [0.25, 0.3) is 0 Å². The third-order valence-corrected chi connectivity index (χ3v) is 5.47. The molecular weight excluding hydrogens is 334 g/mol. The number of amides is 3. The molecule has 1 N–H and O–H groups in total. The summed E-state index contributed by atoms with van der Waals surface area (Å²) in [5, 5.41) is 6.96. The van der Waals surface area contributed by atoms with Crippen LogP contribution in [0.5, 0.6) is 0 Å². The molecule has 0 saturated heterocycles. The molecule has 2 aliphatic rings. The zero-order chi connectivity index (χ0) is 17.8. The third kappa shape index (κ3) is 3.49. The van der Waals surface area contributed by atoms with E-state index in [4.69, 9.17) is 0 Å². The molecule has 3 rings (SSSR count). The lowest BCUT2D eigenvalue weighted by Crippen LogP contribution is -2.47. The van der Waals surface area contributed by atoms with Crippen LogP contribution >= 0.6 is 11.3 Å². The first-order valence-electron chi connectivity index (χ1n) is 8.90. The van der Waals surface area contributed by atoms with E-state index in [0.29, 0.717) is 13.1 Å². The van der Waals surface area contributed by atoms with Gasteiger partial charge in [0, 0.05) is 13.1 Å². The van der Waals surface area contributed by atoms with Gasteiger partial charge in [-0.3, -0.25) is 9.69 Å². The van der Waals surface area contributed by atoms with E-state index in [0.717, 1.165) is 36.2 Å². The molecule has 1 aromatic heterocycles. The summed E-state index contributed by atoms with van der Waals surface area (Å²) >= 11 is 1.57. The number of thiophene rings is 1. The molecule has 3 heterocycles. The van der Waals surface area contributed by atoms with Crippen LogP contribution in [-0.2, 0) is 4.79 Å². The van der Waals surface area contributed by atoms with Gasteiger partial charge in [0.25, 0.3) is 5.91 Å². The first-order valence-corrected chi connectivity index (χ1v) is 9.85. The minimum absolute atomic E-state index is 0.0526. The standard InChI is InChI=1S/C19H25N3O2S/c1-3-5-6-7-10-21-12-15-16(18(21)23)17(14-8-11-25-13-14)20-19(24)22(15)9-4-2/h4,8,11,13,17H,2-3,5-7,9-10,12H2,1H3,(H,20,24)/t17-/m1/s1. The van der Waals surface area contributed by atoms with Gasteiger partial charge in [0.2, 0.25) is 0 Å². The molecule has 134 valence electrons. The summed E-state index contributed by atoms with van der Waals surface area (Å²) in [5.74, 6) is 0.0526. The van der Waals surface area contributed by atoms with Crippen molar-refractivity contribution in [2.45, 2.75) is 38.6 Å². The first-order chi connectivity index (χ1) is 12.2. The van der Waals surface area contributed by atoms with E-state index in [-0.39, 0.29) is 18.0 Å². The second-order valence-corrected chi connectivity index (χ2v) is 7.27. The SMILES string of the molecule is C=CCN1C(=O)N[C@H](c2ccsc2)C2=C1CN(CCCCCC)C2=O. The highest BCUT2D eigenvalue weighted by Gasteiger charge is 2.43. The number of hydrogen-bond donors (Lipinski definition) is 1. The highest BCUT2D eigenvalue weighted by molar-refractivity contribution is 7.08. The minimum atomic E-state index is -0.344. The van der Waals surface area contributed by atoms with Crippen molar-refractivity contribution in [1.29, 1.82) is 0 Å². The topological polar surface area (TPSA) is 52.7 Å². The number of nitrogens with one attached hydrogen (secondary N) is 1. The van der Waals surface area contributed by atoms with Gasteiger partial charge in [-0.15, -0.1) is 6.58 Å². The zero-order valence-electron chi connectivity index (χ0n) is 14.7. The van der Waals surface area contributed by atoms with Gasteiger partial charge in [-0.2, -0.15) is 11.3 Å². The predicted molar refractivity (Wildman–Crippen MR) is 100 cm³/mol. The Morgan fingerprint density at radius 1 is 1.36 bits per heavy atom. The van der Waals surface area contributed by atoms with Crippen LogP contribution in [0.2, 0.25) is 0 Å². The summed E-state index contributed by atoms with van der Waals surface area (Å²) in [6.07, 6.45) is 6.20. The zero-order valence-corrected chi connectivity index (χ0v) is 15.5. The molecule has 0 fully saturated rings. The van der Waals surface area contributed by atoms with Crippen molar-refractivity contribution in [3.63, 3.8) is 0 Å². The number of carbonyl (C=O) groups excluding carboxylic acids is 2. The normalized spacial score (nSPS) is 20.1. The van der Waals surface area contributed by atoms with Crippen molar-refractivity contribution in [3.8, 4) is 0 Å². The summed E-state index contributed by atoms with van der Waals surface area (Å²) in [6, 6.07) is 1.47. The van der Waals surface area contributed by atoms with Crippen molar-refractivity contribution in [1.82, 2.24) is 15.1 Å². The summed E-state index contributed by atoms with van der Waals surface area (Å²) in [7, 11) is 0. The van der Waals surface area contributed by atoms with Gasteiger partial charge in [-0.25, -0.2) is 4.79 Å². The van der Waals surface area contributed by atoms with Gasteiger partial charge in [0.05, 0.1) is 23.9 Å². The van der Waals surface area contributed by atoms with E-state index in [1.165, 1.54) is 12.8 Å². The van der Waals surface area contributed by atoms with Crippen LogP contribution < -0.4 is 5.32 Å². The average molecular weight is 359 g/mol. The fourth-order valence-corrected chi connectivity index (χ4v) is 4.16.